The first-order valence-corrected chi connectivity index (χ1v) is 8.54. The molecule has 4 heteroatoms. The van der Waals surface area contributed by atoms with Gasteiger partial charge in [0.25, 0.3) is 0 Å². The number of benzene rings is 2. The van der Waals surface area contributed by atoms with Gasteiger partial charge in [0.15, 0.2) is 0 Å². The van der Waals surface area contributed by atoms with Crippen molar-refractivity contribution in [1.82, 2.24) is 4.90 Å². The van der Waals surface area contributed by atoms with Crippen LogP contribution in [0.3, 0.4) is 0 Å². The summed E-state index contributed by atoms with van der Waals surface area (Å²) in [7, 11) is 3.48. The van der Waals surface area contributed by atoms with Crippen molar-refractivity contribution in [2.45, 2.75) is 6.42 Å². The Bertz CT molecular complexity index is 652. The highest BCUT2D eigenvalue weighted by molar-refractivity contribution is 5.58. The Labute approximate surface area is 144 Å². The summed E-state index contributed by atoms with van der Waals surface area (Å²) < 4.78 is 10.9. The summed E-state index contributed by atoms with van der Waals surface area (Å²) in [5.74, 6) is 1.95. The second-order valence-electron chi connectivity index (χ2n) is 6.06. The molecule has 0 bridgehead atoms. The molecule has 0 radical (unpaired) electrons. The third-order valence-electron chi connectivity index (χ3n) is 4.69. The molecule has 0 amide bonds. The monoisotopic (exact) mass is 326 g/mol. The van der Waals surface area contributed by atoms with Gasteiger partial charge in [0.2, 0.25) is 0 Å². The Kier molecular flexibility index (Phi) is 5.59. The topological polar surface area (TPSA) is 24.9 Å². The van der Waals surface area contributed by atoms with E-state index in [9.17, 15) is 0 Å². The molecule has 1 heterocycles. The van der Waals surface area contributed by atoms with Crippen molar-refractivity contribution in [3.63, 3.8) is 0 Å². The maximum absolute atomic E-state index is 5.49. The van der Waals surface area contributed by atoms with Gasteiger partial charge in [-0.3, -0.25) is 4.90 Å². The Hall–Kier alpha value is -2.20. The van der Waals surface area contributed by atoms with Gasteiger partial charge in [-0.1, -0.05) is 30.3 Å². The van der Waals surface area contributed by atoms with E-state index in [0.717, 1.165) is 50.6 Å². The average molecular weight is 326 g/mol. The van der Waals surface area contributed by atoms with Crippen LogP contribution >= 0.6 is 0 Å². The zero-order valence-electron chi connectivity index (χ0n) is 14.6. The van der Waals surface area contributed by atoms with E-state index in [1.165, 1.54) is 11.3 Å². The van der Waals surface area contributed by atoms with Crippen LogP contribution in [0.1, 0.15) is 5.56 Å². The minimum atomic E-state index is 0.958. The first-order valence-electron chi connectivity index (χ1n) is 8.54. The molecule has 24 heavy (non-hydrogen) atoms. The summed E-state index contributed by atoms with van der Waals surface area (Å²) in [6, 6.07) is 16.6. The maximum atomic E-state index is 5.49. The molecule has 3 rings (SSSR count). The molecule has 4 nitrogen and oxygen atoms in total. The molecule has 0 unspecified atom stereocenters. The Morgan fingerprint density at radius 2 is 1.42 bits per heavy atom. The van der Waals surface area contributed by atoms with Crippen molar-refractivity contribution < 1.29 is 9.47 Å². The molecule has 128 valence electrons. The summed E-state index contributed by atoms with van der Waals surface area (Å²) in [6.07, 6.45) is 1.03. The van der Waals surface area contributed by atoms with E-state index >= 15 is 0 Å². The number of hydrogen-bond acceptors (Lipinski definition) is 4. The number of para-hydroxylation sites is 3. The predicted octanol–water partition coefficient (Wildman–Crippen LogP) is 3.07. The average Bonchev–Trinajstić information content (AvgIpc) is 2.67. The second-order valence-corrected chi connectivity index (χ2v) is 6.06. The van der Waals surface area contributed by atoms with E-state index in [2.05, 4.69) is 34.1 Å². The van der Waals surface area contributed by atoms with Crippen LogP contribution in [0.25, 0.3) is 0 Å². The van der Waals surface area contributed by atoms with Crippen LogP contribution in [0, 0.1) is 0 Å². The van der Waals surface area contributed by atoms with Gasteiger partial charge in [0, 0.05) is 32.7 Å². The lowest BCUT2D eigenvalue weighted by Crippen LogP contribution is -2.47. The van der Waals surface area contributed by atoms with Crippen molar-refractivity contribution in [3.05, 3.63) is 54.1 Å². The van der Waals surface area contributed by atoms with Crippen molar-refractivity contribution in [2.75, 3.05) is 51.8 Å². The van der Waals surface area contributed by atoms with E-state index in [1.54, 1.807) is 14.2 Å². The molecule has 0 aliphatic carbocycles. The van der Waals surface area contributed by atoms with Crippen molar-refractivity contribution in [1.29, 1.82) is 0 Å². The number of hydrogen-bond donors (Lipinski definition) is 0. The number of piperazine rings is 1. The molecule has 2 aromatic rings. The molecule has 1 saturated heterocycles. The lowest BCUT2D eigenvalue weighted by atomic mass is 10.1. The molecule has 0 atom stereocenters. The number of rotatable bonds is 6. The van der Waals surface area contributed by atoms with Crippen LogP contribution in [0.5, 0.6) is 11.5 Å². The zero-order chi connectivity index (χ0) is 16.8. The molecular formula is C20H26N2O2. The zero-order valence-corrected chi connectivity index (χ0v) is 14.6. The van der Waals surface area contributed by atoms with E-state index in [4.69, 9.17) is 9.47 Å². The molecule has 0 saturated carbocycles. The molecule has 1 aliphatic rings. The highest BCUT2D eigenvalue weighted by Gasteiger charge is 2.19. The van der Waals surface area contributed by atoms with Crippen LogP contribution in [0.15, 0.2) is 48.5 Å². The number of methoxy groups -OCH3 is 2. The highest BCUT2D eigenvalue weighted by atomic mass is 16.5. The molecule has 2 aromatic carbocycles. The molecule has 0 aromatic heterocycles. The van der Waals surface area contributed by atoms with Gasteiger partial charge >= 0.3 is 0 Å². The van der Waals surface area contributed by atoms with Gasteiger partial charge in [0.05, 0.1) is 19.9 Å². The minimum absolute atomic E-state index is 0.958. The van der Waals surface area contributed by atoms with Gasteiger partial charge < -0.3 is 14.4 Å². The molecule has 0 N–H and O–H groups in total. The molecular weight excluding hydrogens is 300 g/mol. The normalized spacial score (nSPS) is 15.3. The number of nitrogens with zero attached hydrogens (tertiary/aromatic N) is 2. The van der Waals surface area contributed by atoms with Gasteiger partial charge in [-0.25, -0.2) is 0 Å². The summed E-state index contributed by atoms with van der Waals surface area (Å²) >= 11 is 0. The lowest BCUT2D eigenvalue weighted by Gasteiger charge is -2.36. The fraction of sp³-hybridized carbons (Fsp3) is 0.400. The van der Waals surface area contributed by atoms with Crippen molar-refractivity contribution in [3.8, 4) is 11.5 Å². The summed E-state index contributed by atoms with van der Waals surface area (Å²) in [5.41, 5.74) is 2.48. The fourth-order valence-electron chi connectivity index (χ4n) is 3.29. The first kappa shape index (κ1) is 16.7. The smallest absolute Gasteiger partial charge is 0.142 e. The quantitative estimate of drug-likeness (QED) is 0.814. The number of ether oxygens (including phenoxy) is 2. The Balaban J connectivity index is 1.54. The highest BCUT2D eigenvalue weighted by Crippen LogP contribution is 2.28. The van der Waals surface area contributed by atoms with E-state index in [1.807, 2.05) is 24.3 Å². The SMILES string of the molecule is COc1ccccc1CCN1CCN(c2ccccc2OC)CC1. The van der Waals surface area contributed by atoms with Gasteiger partial charge in [0.1, 0.15) is 11.5 Å². The maximum Gasteiger partial charge on any atom is 0.142 e. The first-order chi connectivity index (χ1) is 11.8. The third-order valence-corrected chi connectivity index (χ3v) is 4.69. The number of anilines is 1. The van der Waals surface area contributed by atoms with Crippen molar-refractivity contribution in [2.24, 2.45) is 0 Å². The third kappa shape index (κ3) is 3.82. The molecule has 0 spiro atoms. The predicted molar refractivity (Wildman–Crippen MR) is 98.3 cm³/mol. The van der Waals surface area contributed by atoms with E-state index in [0.29, 0.717) is 0 Å². The van der Waals surface area contributed by atoms with Gasteiger partial charge in [-0.15, -0.1) is 0 Å². The lowest BCUT2D eigenvalue weighted by molar-refractivity contribution is 0.259. The van der Waals surface area contributed by atoms with Crippen molar-refractivity contribution >= 4 is 5.69 Å². The van der Waals surface area contributed by atoms with E-state index in [-0.39, 0.29) is 0 Å². The second kappa shape index (κ2) is 8.06. The van der Waals surface area contributed by atoms with Crippen LogP contribution in [0.4, 0.5) is 5.69 Å². The summed E-state index contributed by atoms with van der Waals surface area (Å²) in [4.78, 5) is 4.94. The summed E-state index contributed by atoms with van der Waals surface area (Å²) in [5, 5.41) is 0. The van der Waals surface area contributed by atoms with Crippen LogP contribution < -0.4 is 14.4 Å². The Morgan fingerprint density at radius 3 is 2.12 bits per heavy atom. The van der Waals surface area contributed by atoms with E-state index < -0.39 is 0 Å². The fourth-order valence-corrected chi connectivity index (χ4v) is 3.29. The standard InChI is InChI=1S/C20H26N2O2/c1-23-19-9-5-3-7-17(19)11-12-21-13-15-22(16-14-21)18-8-4-6-10-20(18)24-2/h3-10H,11-16H2,1-2H3. The van der Waals surface area contributed by atoms with Crippen LogP contribution in [0.2, 0.25) is 0 Å². The minimum Gasteiger partial charge on any atom is -0.496 e. The molecule has 1 fully saturated rings. The Morgan fingerprint density at radius 1 is 0.792 bits per heavy atom. The van der Waals surface area contributed by atoms with Gasteiger partial charge in [-0.05, 0) is 30.2 Å². The van der Waals surface area contributed by atoms with Gasteiger partial charge in [-0.2, -0.15) is 0 Å². The largest absolute Gasteiger partial charge is 0.496 e. The van der Waals surface area contributed by atoms with Crippen LogP contribution in [-0.4, -0.2) is 51.8 Å². The summed E-state index contributed by atoms with van der Waals surface area (Å²) in [6.45, 7) is 5.29. The molecule has 1 aliphatic heterocycles. The van der Waals surface area contributed by atoms with Crippen LogP contribution in [-0.2, 0) is 6.42 Å².